The maximum Gasteiger partial charge on any atom is 0.161 e. The Hall–Kier alpha value is -1.26. The number of rotatable bonds is 5. The fourth-order valence-electron chi connectivity index (χ4n) is 5.50. The Labute approximate surface area is 145 Å². The highest BCUT2D eigenvalue weighted by Crippen LogP contribution is 2.43. The van der Waals surface area contributed by atoms with Crippen molar-refractivity contribution >= 4 is 0 Å². The highest BCUT2D eigenvalue weighted by atomic mass is 16.5. The van der Waals surface area contributed by atoms with Gasteiger partial charge in [-0.25, -0.2) is 0 Å². The van der Waals surface area contributed by atoms with E-state index in [-0.39, 0.29) is 0 Å². The number of fused-ring (bicyclic) bond motifs is 2. The van der Waals surface area contributed by atoms with Gasteiger partial charge in [0.25, 0.3) is 0 Å². The second-order valence-electron chi connectivity index (χ2n) is 8.06. The second kappa shape index (κ2) is 6.93. The molecule has 2 aliphatic carbocycles. The minimum absolute atomic E-state index is 0.821. The molecule has 1 saturated heterocycles. The number of hydrogen-bond donors (Lipinski definition) is 2. The van der Waals surface area contributed by atoms with Gasteiger partial charge in [0.15, 0.2) is 11.5 Å². The van der Waals surface area contributed by atoms with Crippen molar-refractivity contribution in [1.29, 1.82) is 0 Å². The van der Waals surface area contributed by atoms with Gasteiger partial charge >= 0.3 is 0 Å². The van der Waals surface area contributed by atoms with E-state index in [0.29, 0.717) is 0 Å². The van der Waals surface area contributed by atoms with Crippen molar-refractivity contribution in [3.63, 3.8) is 0 Å². The molecule has 2 bridgehead atoms. The average Bonchev–Trinajstić information content (AvgIpc) is 3.25. The molecule has 0 radical (unpaired) electrons. The zero-order chi connectivity index (χ0) is 16.5. The zero-order valence-electron chi connectivity index (χ0n) is 15.1. The molecule has 1 heterocycles. The summed E-state index contributed by atoms with van der Waals surface area (Å²) in [5.41, 5.74) is 1.35. The molecule has 4 rings (SSSR count). The number of methoxy groups -OCH3 is 2. The summed E-state index contributed by atoms with van der Waals surface area (Å²) in [6.45, 7) is 6.42. The highest BCUT2D eigenvalue weighted by molar-refractivity contribution is 5.42. The van der Waals surface area contributed by atoms with Crippen molar-refractivity contribution < 1.29 is 19.3 Å². The second-order valence-corrected chi connectivity index (χ2v) is 8.06. The third-order valence-electron chi connectivity index (χ3n) is 6.76. The van der Waals surface area contributed by atoms with E-state index < -0.39 is 0 Å². The molecular formula is C20H32N2O2+2. The molecule has 132 valence electrons. The van der Waals surface area contributed by atoms with Crippen molar-refractivity contribution in [1.82, 2.24) is 0 Å². The molecule has 4 heteroatoms. The number of ether oxygens (including phenoxy) is 2. The Morgan fingerprint density at radius 3 is 2.38 bits per heavy atom. The summed E-state index contributed by atoms with van der Waals surface area (Å²) in [6.07, 6.45) is 6.09. The van der Waals surface area contributed by atoms with Crippen LogP contribution in [0.3, 0.4) is 0 Å². The summed E-state index contributed by atoms with van der Waals surface area (Å²) in [7, 11) is 3.41. The molecule has 3 fully saturated rings. The van der Waals surface area contributed by atoms with E-state index in [1.165, 1.54) is 57.4 Å². The molecule has 1 aliphatic heterocycles. The lowest BCUT2D eigenvalue weighted by atomic mass is 9.93. The Balaban J connectivity index is 1.32. The summed E-state index contributed by atoms with van der Waals surface area (Å²) in [4.78, 5) is 3.63. The van der Waals surface area contributed by atoms with Crippen molar-refractivity contribution in [2.24, 2.45) is 11.8 Å². The lowest BCUT2D eigenvalue weighted by molar-refractivity contribution is -1.03. The van der Waals surface area contributed by atoms with Crippen LogP contribution in [-0.2, 0) is 6.54 Å². The standard InChI is InChI=1S/C20H30N2O2/c1-23-19-6-4-16(13-20(19)24-2)14-21-7-9-22(10-8-21)18-12-15-3-5-17(18)11-15/h4,6,13,15,17-18H,3,5,7-12,14H2,1-2H3/p+2/t15-,17+,18-/m0/s1. The molecule has 0 amide bonds. The van der Waals surface area contributed by atoms with Crippen LogP contribution in [0.25, 0.3) is 0 Å². The van der Waals surface area contributed by atoms with Crippen LogP contribution in [0.5, 0.6) is 11.5 Å². The topological polar surface area (TPSA) is 27.3 Å². The number of quaternary nitrogens is 2. The SMILES string of the molecule is COc1ccc(C[NH+]2CC[NH+]([C@H]3C[C@H]4CC[C@@H]3C4)CC2)cc1OC. The molecule has 1 aromatic carbocycles. The van der Waals surface area contributed by atoms with Crippen LogP contribution in [0.2, 0.25) is 0 Å². The molecule has 0 unspecified atom stereocenters. The van der Waals surface area contributed by atoms with Crippen LogP contribution >= 0.6 is 0 Å². The first-order valence-electron chi connectivity index (χ1n) is 9.66. The van der Waals surface area contributed by atoms with Gasteiger partial charge in [0, 0.05) is 17.9 Å². The van der Waals surface area contributed by atoms with E-state index in [2.05, 4.69) is 12.1 Å². The minimum Gasteiger partial charge on any atom is -0.493 e. The van der Waals surface area contributed by atoms with E-state index in [0.717, 1.165) is 35.9 Å². The van der Waals surface area contributed by atoms with Crippen LogP contribution in [0.15, 0.2) is 18.2 Å². The number of piperazine rings is 1. The van der Waals surface area contributed by atoms with Gasteiger partial charge in [-0.3, -0.25) is 0 Å². The zero-order valence-corrected chi connectivity index (χ0v) is 15.1. The van der Waals surface area contributed by atoms with E-state index in [9.17, 15) is 0 Å². The van der Waals surface area contributed by atoms with Crippen molar-refractivity contribution in [3.05, 3.63) is 23.8 Å². The van der Waals surface area contributed by atoms with Crippen molar-refractivity contribution in [2.75, 3.05) is 40.4 Å². The molecule has 1 aromatic rings. The summed E-state index contributed by atoms with van der Waals surface area (Å²) < 4.78 is 10.8. The van der Waals surface area contributed by atoms with Gasteiger partial charge in [-0.2, -0.15) is 0 Å². The van der Waals surface area contributed by atoms with Gasteiger partial charge in [0.05, 0.1) is 20.3 Å². The molecule has 0 aromatic heterocycles. The fraction of sp³-hybridized carbons (Fsp3) is 0.700. The van der Waals surface area contributed by atoms with Gasteiger partial charge < -0.3 is 19.3 Å². The Bertz CT molecular complexity index is 569. The van der Waals surface area contributed by atoms with Gasteiger partial charge in [-0.05, 0) is 43.4 Å². The predicted molar refractivity (Wildman–Crippen MR) is 93.9 cm³/mol. The van der Waals surface area contributed by atoms with Crippen molar-refractivity contribution in [3.8, 4) is 11.5 Å². The summed E-state index contributed by atoms with van der Waals surface area (Å²) in [5.74, 6) is 3.80. The first-order chi connectivity index (χ1) is 11.8. The van der Waals surface area contributed by atoms with Gasteiger partial charge in [0.1, 0.15) is 32.7 Å². The molecule has 2 N–H and O–H groups in total. The Morgan fingerprint density at radius 1 is 0.958 bits per heavy atom. The molecule has 3 aliphatic rings. The lowest BCUT2D eigenvalue weighted by Crippen LogP contribution is -3.29. The third kappa shape index (κ3) is 3.14. The summed E-state index contributed by atoms with van der Waals surface area (Å²) in [6, 6.07) is 7.35. The van der Waals surface area contributed by atoms with Crippen LogP contribution in [0, 0.1) is 11.8 Å². The molecular weight excluding hydrogens is 300 g/mol. The third-order valence-corrected chi connectivity index (χ3v) is 6.76. The molecule has 0 spiro atoms. The Morgan fingerprint density at radius 2 is 1.75 bits per heavy atom. The number of benzene rings is 1. The molecule has 2 saturated carbocycles. The van der Waals surface area contributed by atoms with E-state index in [1.807, 2.05) is 11.0 Å². The maximum atomic E-state index is 5.44. The van der Waals surface area contributed by atoms with Gasteiger partial charge in [-0.15, -0.1) is 0 Å². The molecule has 4 nitrogen and oxygen atoms in total. The van der Waals surface area contributed by atoms with E-state index >= 15 is 0 Å². The number of nitrogens with one attached hydrogen (secondary N) is 2. The smallest absolute Gasteiger partial charge is 0.161 e. The summed E-state index contributed by atoms with van der Waals surface area (Å²) >= 11 is 0. The van der Waals surface area contributed by atoms with Crippen molar-refractivity contribution in [2.45, 2.75) is 38.3 Å². The quantitative estimate of drug-likeness (QED) is 0.805. The van der Waals surface area contributed by atoms with E-state index in [4.69, 9.17) is 9.47 Å². The van der Waals surface area contributed by atoms with E-state index in [1.54, 1.807) is 19.1 Å². The van der Waals surface area contributed by atoms with Crippen LogP contribution in [-0.4, -0.2) is 46.4 Å². The Kier molecular flexibility index (Phi) is 4.68. The average molecular weight is 332 g/mol. The van der Waals surface area contributed by atoms with Crippen LogP contribution in [0.4, 0.5) is 0 Å². The first kappa shape index (κ1) is 16.2. The normalized spacial score (nSPS) is 35.2. The highest BCUT2D eigenvalue weighted by Gasteiger charge is 2.46. The van der Waals surface area contributed by atoms with Crippen LogP contribution < -0.4 is 19.3 Å². The van der Waals surface area contributed by atoms with Gasteiger partial charge in [0.2, 0.25) is 0 Å². The monoisotopic (exact) mass is 332 g/mol. The van der Waals surface area contributed by atoms with Crippen LogP contribution in [0.1, 0.15) is 31.2 Å². The minimum atomic E-state index is 0.821. The van der Waals surface area contributed by atoms with Gasteiger partial charge in [-0.1, -0.05) is 0 Å². The largest absolute Gasteiger partial charge is 0.493 e. The maximum absolute atomic E-state index is 5.44. The fourth-order valence-corrected chi connectivity index (χ4v) is 5.50. The lowest BCUT2D eigenvalue weighted by Gasteiger charge is -2.36. The first-order valence-corrected chi connectivity index (χ1v) is 9.66. The predicted octanol–water partition coefficient (Wildman–Crippen LogP) is 0.176. The molecule has 24 heavy (non-hydrogen) atoms. The number of hydrogen-bond acceptors (Lipinski definition) is 2. The summed E-state index contributed by atoms with van der Waals surface area (Å²) in [5, 5.41) is 0. The molecule has 3 atom stereocenters.